The first-order valence-electron chi connectivity index (χ1n) is 15.0. The van der Waals surface area contributed by atoms with Gasteiger partial charge in [-0.15, -0.1) is 0 Å². The van der Waals surface area contributed by atoms with E-state index in [0.717, 1.165) is 20.8 Å². The van der Waals surface area contributed by atoms with Gasteiger partial charge in [0.1, 0.15) is 36.4 Å². The molecule has 3 aromatic rings. The molecule has 1 aliphatic rings. The Labute approximate surface area is 281 Å². The molecule has 5 atom stereocenters. The summed E-state index contributed by atoms with van der Waals surface area (Å²) >= 11 is 0. The van der Waals surface area contributed by atoms with Gasteiger partial charge in [0.25, 0.3) is 0 Å². The van der Waals surface area contributed by atoms with Crippen LogP contribution in [0.15, 0.2) is 78.9 Å². The van der Waals surface area contributed by atoms with E-state index in [-0.39, 0.29) is 29.2 Å². The minimum absolute atomic E-state index is 0.00950. The number of hydrogen-bond acceptors (Lipinski definition) is 14. The Morgan fingerprint density at radius 2 is 1.16 bits per heavy atom. The van der Waals surface area contributed by atoms with Gasteiger partial charge in [0.2, 0.25) is 12.4 Å². The van der Waals surface area contributed by atoms with E-state index in [0.29, 0.717) is 5.56 Å². The number of rotatable bonds is 12. The zero-order valence-corrected chi connectivity index (χ0v) is 27.0. The predicted octanol–water partition coefficient (Wildman–Crippen LogP) is 3.72. The number of benzene rings is 3. The van der Waals surface area contributed by atoms with Crippen LogP contribution in [-0.4, -0.2) is 73.1 Å². The fraction of sp³-hybridized carbons (Fsp3) is 0.314. The second kappa shape index (κ2) is 16.9. The summed E-state index contributed by atoms with van der Waals surface area (Å²) in [6, 6.07) is 20.5. The van der Waals surface area contributed by atoms with Crippen LogP contribution in [-0.2, 0) is 54.2 Å². The Morgan fingerprint density at radius 1 is 0.592 bits per heavy atom. The Bertz CT molecular complexity index is 1670. The molecule has 14 nitrogen and oxygen atoms in total. The molecule has 0 N–H and O–H groups in total. The highest BCUT2D eigenvalue weighted by atomic mass is 16.7. The van der Waals surface area contributed by atoms with Crippen LogP contribution in [0.5, 0.6) is 11.5 Å². The summed E-state index contributed by atoms with van der Waals surface area (Å²) in [5, 5.41) is 0. The lowest BCUT2D eigenvalue weighted by molar-refractivity contribution is -0.287. The van der Waals surface area contributed by atoms with Gasteiger partial charge >= 0.3 is 35.8 Å². The van der Waals surface area contributed by atoms with Crippen LogP contribution in [0.3, 0.4) is 0 Å². The molecule has 0 saturated carbocycles. The van der Waals surface area contributed by atoms with Gasteiger partial charge in [-0.2, -0.15) is 0 Å². The van der Waals surface area contributed by atoms with Crippen molar-refractivity contribution in [1.82, 2.24) is 0 Å². The number of esters is 6. The third kappa shape index (κ3) is 10.1. The molecule has 258 valence electrons. The van der Waals surface area contributed by atoms with E-state index in [1.807, 2.05) is 0 Å². The fourth-order valence-corrected chi connectivity index (χ4v) is 4.86. The topological polar surface area (TPSA) is 176 Å². The third-order valence-corrected chi connectivity index (χ3v) is 6.82. The van der Waals surface area contributed by atoms with E-state index in [2.05, 4.69) is 0 Å². The number of carbonyl (C=O) groups excluding carboxylic acids is 6. The Kier molecular flexibility index (Phi) is 12.4. The van der Waals surface area contributed by atoms with Crippen molar-refractivity contribution in [2.75, 3.05) is 6.61 Å². The molecular formula is C35H34O14. The maximum Gasteiger partial charge on any atom is 0.342 e. The van der Waals surface area contributed by atoms with Crippen molar-refractivity contribution < 1.29 is 66.7 Å². The van der Waals surface area contributed by atoms with Gasteiger partial charge in [-0.1, -0.05) is 48.5 Å². The molecule has 0 unspecified atom stereocenters. The quantitative estimate of drug-likeness (QED) is 0.154. The maximum atomic E-state index is 13.0. The highest BCUT2D eigenvalue weighted by molar-refractivity contribution is 5.93. The van der Waals surface area contributed by atoms with Crippen LogP contribution >= 0.6 is 0 Å². The van der Waals surface area contributed by atoms with Crippen molar-refractivity contribution >= 4 is 35.8 Å². The second-order valence-electron chi connectivity index (χ2n) is 10.6. The van der Waals surface area contributed by atoms with E-state index in [1.165, 1.54) is 37.3 Å². The summed E-state index contributed by atoms with van der Waals surface area (Å²) in [6.07, 6.45) is -7.16. The van der Waals surface area contributed by atoms with Crippen molar-refractivity contribution in [3.05, 3.63) is 95.6 Å². The zero-order valence-electron chi connectivity index (χ0n) is 27.0. The zero-order chi connectivity index (χ0) is 35.5. The highest BCUT2D eigenvalue weighted by Gasteiger charge is 2.53. The summed E-state index contributed by atoms with van der Waals surface area (Å²) in [5.74, 6) is -4.39. The van der Waals surface area contributed by atoms with Crippen LogP contribution < -0.4 is 9.47 Å². The van der Waals surface area contributed by atoms with E-state index in [4.69, 9.17) is 37.9 Å². The molecule has 0 bridgehead atoms. The van der Waals surface area contributed by atoms with Crippen molar-refractivity contribution in [1.29, 1.82) is 0 Å². The number of ether oxygens (including phenoxy) is 8. The van der Waals surface area contributed by atoms with Gasteiger partial charge in [-0.25, -0.2) is 9.59 Å². The van der Waals surface area contributed by atoms with Gasteiger partial charge in [0, 0.05) is 33.3 Å². The van der Waals surface area contributed by atoms with Crippen LogP contribution in [0.1, 0.15) is 54.0 Å². The van der Waals surface area contributed by atoms with Gasteiger partial charge in [-0.3, -0.25) is 19.2 Å². The Balaban J connectivity index is 1.62. The van der Waals surface area contributed by atoms with E-state index in [1.54, 1.807) is 48.5 Å². The molecule has 0 amide bonds. The molecule has 0 spiro atoms. The van der Waals surface area contributed by atoms with E-state index in [9.17, 15) is 28.8 Å². The third-order valence-electron chi connectivity index (χ3n) is 6.82. The standard InChI is InChI=1S/C35H34O14/c1-20(36)44-28-17-11-9-15-26(28)34(41)42-18-25-14-8-10-16-27(25)48-35-32(47-23(4)39)31(46-22(3)38)30(45-21(2)37)29(49-35)19-43-33(40)24-12-6-5-7-13-24/h5-17,29-32,35H,18-19H2,1-4H3/t29-,30-,31+,32-,35-/m1/s1. The van der Waals surface area contributed by atoms with Crippen LogP contribution in [0.25, 0.3) is 0 Å². The van der Waals surface area contributed by atoms with E-state index < -0.39 is 73.1 Å². The fourth-order valence-electron chi connectivity index (χ4n) is 4.86. The van der Waals surface area contributed by atoms with Gasteiger partial charge in [-0.05, 0) is 30.3 Å². The summed E-state index contributed by atoms with van der Waals surface area (Å²) in [7, 11) is 0. The molecule has 1 aliphatic heterocycles. The van der Waals surface area contributed by atoms with Gasteiger partial charge < -0.3 is 37.9 Å². The van der Waals surface area contributed by atoms with Gasteiger partial charge in [0.15, 0.2) is 12.2 Å². The summed E-state index contributed by atoms with van der Waals surface area (Å²) < 4.78 is 44.8. The van der Waals surface area contributed by atoms with Crippen LogP contribution in [0, 0.1) is 0 Å². The number of para-hydroxylation sites is 2. The number of carbonyl (C=O) groups is 6. The molecule has 14 heteroatoms. The van der Waals surface area contributed by atoms with Crippen molar-refractivity contribution in [2.24, 2.45) is 0 Å². The second-order valence-corrected chi connectivity index (χ2v) is 10.6. The Morgan fingerprint density at radius 3 is 1.82 bits per heavy atom. The lowest BCUT2D eigenvalue weighted by Crippen LogP contribution is -2.63. The van der Waals surface area contributed by atoms with Gasteiger partial charge in [0.05, 0.1) is 5.56 Å². The molecule has 49 heavy (non-hydrogen) atoms. The average Bonchev–Trinajstić information content (AvgIpc) is 3.05. The molecule has 0 radical (unpaired) electrons. The van der Waals surface area contributed by atoms with Crippen molar-refractivity contribution in [2.45, 2.75) is 65.0 Å². The van der Waals surface area contributed by atoms with Crippen LogP contribution in [0.2, 0.25) is 0 Å². The minimum Gasteiger partial charge on any atom is -0.460 e. The smallest absolute Gasteiger partial charge is 0.342 e. The molecule has 0 aliphatic carbocycles. The Hall–Kier alpha value is -5.76. The molecule has 3 aromatic carbocycles. The first-order valence-corrected chi connectivity index (χ1v) is 15.0. The predicted molar refractivity (Wildman–Crippen MR) is 166 cm³/mol. The summed E-state index contributed by atoms with van der Waals surface area (Å²) in [4.78, 5) is 73.9. The first-order chi connectivity index (χ1) is 23.4. The first kappa shape index (κ1) is 36.1. The van der Waals surface area contributed by atoms with Crippen molar-refractivity contribution in [3.63, 3.8) is 0 Å². The molecule has 1 heterocycles. The molecule has 1 fully saturated rings. The monoisotopic (exact) mass is 678 g/mol. The lowest BCUT2D eigenvalue weighted by Gasteiger charge is -2.44. The molecular weight excluding hydrogens is 644 g/mol. The normalized spacial score (nSPS) is 19.8. The summed E-state index contributed by atoms with van der Waals surface area (Å²) in [6.45, 7) is 3.72. The SMILES string of the molecule is CC(=O)Oc1ccccc1C(=O)OCc1ccccc1O[C@@H]1O[C@H](COC(=O)c2ccccc2)[C@@H](OC(C)=O)[C@H](OC(C)=O)[C@H]1OC(C)=O. The van der Waals surface area contributed by atoms with Crippen molar-refractivity contribution in [3.8, 4) is 11.5 Å². The molecule has 4 rings (SSSR count). The number of hydrogen-bond donors (Lipinski definition) is 0. The largest absolute Gasteiger partial charge is 0.460 e. The lowest BCUT2D eigenvalue weighted by atomic mass is 9.98. The van der Waals surface area contributed by atoms with E-state index >= 15 is 0 Å². The van der Waals surface area contributed by atoms with Crippen LogP contribution in [0.4, 0.5) is 0 Å². The maximum absolute atomic E-state index is 13.0. The molecule has 0 aromatic heterocycles. The molecule has 1 saturated heterocycles. The average molecular weight is 679 g/mol. The summed E-state index contributed by atoms with van der Waals surface area (Å²) in [5.41, 5.74) is 0.586. The minimum atomic E-state index is -1.53. The highest BCUT2D eigenvalue weighted by Crippen LogP contribution is 2.32.